The lowest BCUT2D eigenvalue weighted by Crippen LogP contribution is -2.45. The van der Waals surface area contributed by atoms with E-state index in [-0.39, 0.29) is 12.5 Å². The van der Waals surface area contributed by atoms with Crippen molar-refractivity contribution in [3.63, 3.8) is 0 Å². The van der Waals surface area contributed by atoms with Crippen molar-refractivity contribution in [2.45, 2.75) is 103 Å². The molecular weight excluding hydrogens is 302 g/mol. The van der Waals surface area contributed by atoms with Gasteiger partial charge in [-0.15, -0.1) is 0 Å². The van der Waals surface area contributed by atoms with Crippen LogP contribution in [0.15, 0.2) is 12.2 Å². The van der Waals surface area contributed by atoms with E-state index >= 15 is 0 Å². The van der Waals surface area contributed by atoms with Gasteiger partial charge in [0, 0.05) is 6.42 Å². The Morgan fingerprint density at radius 1 is 0.958 bits per heavy atom. The number of carbonyl (C=O) groups is 1. The molecule has 0 aliphatic rings. The van der Waals surface area contributed by atoms with Crippen molar-refractivity contribution in [1.82, 2.24) is 5.32 Å². The Labute approximate surface area is 148 Å². The lowest BCUT2D eigenvalue weighted by molar-refractivity contribution is -0.123. The van der Waals surface area contributed by atoms with Gasteiger partial charge in [0.25, 0.3) is 0 Å². The van der Waals surface area contributed by atoms with Crippen LogP contribution in [0.25, 0.3) is 0 Å². The van der Waals surface area contributed by atoms with E-state index in [9.17, 15) is 15.0 Å². The Morgan fingerprint density at radius 2 is 1.54 bits per heavy atom. The van der Waals surface area contributed by atoms with E-state index in [0.29, 0.717) is 6.42 Å². The van der Waals surface area contributed by atoms with Gasteiger partial charge >= 0.3 is 0 Å². The SMILES string of the molecule is CCCCCCC/C=C/C(O)C(CO)NC(=O)CCCCCCC. The summed E-state index contributed by atoms with van der Waals surface area (Å²) in [6.07, 6.45) is 15.8. The van der Waals surface area contributed by atoms with Gasteiger partial charge in [0.2, 0.25) is 5.91 Å². The second kappa shape index (κ2) is 17.0. The maximum Gasteiger partial charge on any atom is 0.220 e. The molecule has 3 N–H and O–H groups in total. The van der Waals surface area contributed by atoms with E-state index < -0.39 is 12.1 Å². The average molecular weight is 342 g/mol. The third-order valence-corrected chi connectivity index (χ3v) is 4.27. The number of rotatable bonds is 16. The zero-order valence-corrected chi connectivity index (χ0v) is 15.8. The maximum absolute atomic E-state index is 11.9. The van der Waals surface area contributed by atoms with Gasteiger partial charge in [-0.1, -0.05) is 77.4 Å². The summed E-state index contributed by atoms with van der Waals surface area (Å²) < 4.78 is 0. The monoisotopic (exact) mass is 341 g/mol. The van der Waals surface area contributed by atoms with Crippen LogP contribution in [-0.2, 0) is 4.79 Å². The summed E-state index contributed by atoms with van der Waals surface area (Å²) in [4.78, 5) is 11.9. The Balaban J connectivity index is 3.89. The van der Waals surface area contributed by atoms with Gasteiger partial charge in [-0.05, 0) is 19.3 Å². The largest absolute Gasteiger partial charge is 0.394 e. The molecule has 0 rings (SSSR count). The van der Waals surface area contributed by atoms with Gasteiger partial charge < -0.3 is 15.5 Å². The molecule has 0 saturated carbocycles. The fraction of sp³-hybridized carbons (Fsp3) is 0.850. The van der Waals surface area contributed by atoms with Crippen LogP contribution in [0.1, 0.15) is 90.9 Å². The van der Waals surface area contributed by atoms with Gasteiger partial charge in [-0.2, -0.15) is 0 Å². The first kappa shape index (κ1) is 23.1. The van der Waals surface area contributed by atoms with Crippen LogP contribution in [0.4, 0.5) is 0 Å². The summed E-state index contributed by atoms with van der Waals surface area (Å²) >= 11 is 0. The fourth-order valence-electron chi connectivity index (χ4n) is 2.64. The number of aliphatic hydroxyl groups excluding tert-OH is 2. The van der Waals surface area contributed by atoms with E-state index in [0.717, 1.165) is 32.1 Å². The molecule has 1 amide bonds. The Bertz CT molecular complexity index is 318. The minimum absolute atomic E-state index is 0.0856. The van der Waals surface area contributed by atoms with Crippen LogP contribution in [0, 0.1) is 0 Å². The van der Waals surface area contributed by atoms with Gasteiger partial charge in [0.1, 0.15) is 0 Å². The molecule has 0 aromatic rings. The normalized spacial score (nSPS) is 14.0. The molecule has 0 saturated heterocycles. The molecule has 0 aliphatic heterocycles. The summed E-state index contributed by atoms with van der Waals surface area (Å²) in [6, 6.07) is -0.607. The van der Waals surface area contributed by atoms with Crippen molar-refractivity contribution in [2.75, 3.05) is 6.61 Å². The van der Waals surface area contributed by atoms with Crippen molar-refractivity contribution in [1.29, 1.82) is 0 Å². The zero-order chi connectivity index (χ0) is 18.0. The number of hydrogen-bond donors (Lipinski definition) is 3. The molecule has 142 valence electrons. The number of hydrogen-bond acceptors (Lipinski definition) is 3. The molecule has 2 unspecified atom stereocenters. The molecule has 0 aromatic heterocycles. The maximum atomic E-state index is 11.9. The third-order valence-electron chi connectivity index (χ3n) is 4.27. The van der Waals surface area contributed by atoms with Gasteiger partial charge in [0.15, 0.2) is 0 Å². The highest BCUT2D eigenvalue weighted by Gasteiger charge is 2.17. The predicted octanol–water partition coefficient (Wildman–Crippen LogP) is 4.10. The van der Waals surface area contributed by atoms with E-state index in [4.69, 9.17) is 0 Å². The minimum atomic E-state index is -0.824. The van der Waals surface area contributed by atoms with Crippen molar-refractivity contribution in [3.05, 3.63) is 12.2 Å². The minimum Gasteiger partial charge on any atom is -0.394 e. The van der Waals surface area contributed by atoms with Crippen molar-refractivity contribution >= 4 is 5.91 Å². The number of unbranched alkanes of at least 4 members (excludes halogenated alkanes) is 9. The fourth-order valence-corrected chi connectivity index (χ4v) is 2.64. The summed E-state index contributed by atoms with van der Waals surface area (Å²) in [5.41, 5.74) is 0. The third kappa shape index (κ3) is 13.6. The highest BCUT2D eigenvalue weighted by molar-refractivity contribution is 5.76. The van der Waals surface area contributed by atoms with Crippen LogP contribution < -0.4 is 5.32 Å². The standard InChI is InChI=1S/C20H39NO3/c1-3-5-7-9-10-12-13-15-19(23)18(17-22)21-20(24)16-14-11-8-6-4-2/h13,15,18-19,22-23H,3-12,14,16-17H2,1-2H3,(H,21,24)/b15-13+. The summed E-state index contributed by atoms with van der Waals surface area (Å²) in [7, 11) is 0. The van der Waals surface area contributed by atoms with Crippen LogP contribution in [0.5, 0.6) is 0 Å². The molecule has 0 heterocycles. The van der Waals surface area contributed by atoms with E-state index in [1.165, 1.54) is 38.5 Å². The number of nitrogens with one attached hydrogen (secondary N) is 1. The molecule has 0 bridgehead atoms. The second-order valence-corrected chi connectivity index (χ2v) is 6.64. The van der Waals surface area contributed by atoms with Crippen LogP contribution >= 0.6 is 0 Å². The first-order valence-electron chi connectivity index (χ1n) is 9.90. The van der Waals surface area contributed by atoms with Crippen molar-refractivity contribution in [2.24, 2.45) is 0 Å². The highest BCUT2D eigenvalue weighted by Crippen LogP contribution is 2.07. The average Bonchev–Trinajstić information content (AvgIpc) is 2.58. The Kier molecular flexibility index (Phi) is 16.4. The highest BCUT2D eigenvalue weighted by atomic mass is 16.3. The molecule has 0 fully saturated rings. The second-order valence-electron chi connectivity index (χ2n) is 6.64. The quantitative estimate of drug-likeness (QED) is 0.292. The molecule has 0 aliphatic carbocycles. The molecule has 4 nitrogen and oxygen atoms in total. The van der Waals surface area contributed by atoms with Crippen LogP contribution in [0.2, 0.25) is 0 Å². The number of allylic oxidation sites excluding steroid dienone is 1. The molecule has 0 spiro atoms. The smallest absolute Gasteiger partial charge is 0.220 e. The van der Waals surface area contributed by atoms with Crippen LogP contribution in [-0.4, -0.2) is 34.9 Å². The molecular formula is C20H39NO3. The van der Waals surface area contributed by atoms with E-state index in [2.05, 4.69) is 19.2 Å². The summed E-state index contributed by atoms with van der Waals surface area (Å²) in [5.74, 6) is -0.0856. The molecule has 24 heavy (non-hydrogen) atoms. The lowest BCUT2D eigenvalue weighted by atomic mass is 10.1. The van der Waals surface area contributed by atoms with Gasteiger partial charge in [0.05, 0.1) is 18.8 Å². The molecule has 0 aromatic carbocycles. The topological polar surface area (TPSA) is 69.6 Å². The Morgan fingerprint density at radius 3 is 2.12 bits per heavy atom. The van der Waals surface area contributed by atoms with Gasteiger partial charge in [-0.3, -0.25) is 4.79 Å². The molecule has 2 atom stereocenters. The predicted molar refractivity (Wildman–Crippen MR) is 101 cm³/mol. The first-order chi connectivity index (χ1) is 11.7. The molecule has 0 radical (unpaired) electrons. The number of carbonyl (C=O) groups excluding carboxylic acids is 1. The molecule has 4 heteroatoms. The summed E-state index contributed by atoms with van der Waals surface area (Å²) in [5, 5.41) is 22.2. The van der Waals surface area contributed by atoms with Crippen LogP contribution in [0.3, 0.4) is 0 Å². The van der Waals surface area contributed by atoms with E-state index in [1.807, 2.05) is 6.08 Å². The van der Waals surface area contributed by atoms with Crippen molar-refractivity contribution < 1.29 is 15.0 Å². The summed E-state index contributed by atoms with van der Waals surface area (Å²) in [6.45, 7) is 4.12. The lowest BCUT2D eigenvalue weighted by Gasteiger charge is -2.19. The van der Waals surface area contributed by atoms with Crippen molar-refractivity contribution in [3.8, 4) is 0 Å². The number of aliphatic hydroxyl groups is 2. The van der Waals surface area contributed by atoms with Gasteiger partial charge in [-0.25, -0.2) is 0 Å². The van der Waals surface area contributed by atoms with E-state index in [1.54, 1.807) is 6.08 Å². The zero-order valence-electron chi connectivity index (χ0n) is 15.8. The Hall–Kier alpha value is -0.870. The first-order valence-corrected chi connectivity index (χ1v) is 9.90. The number of amides is 1.